The molecule has 214 valence electrons. The van der Waals surface area contributed by atoms with E-state index in [0.29, 0.717) is 18.0 Å². The number of sulfonamides is 1. The summed E-state index contributed by atoms with van der Waals surface area (Å²) in [6.45, 7) is 9.18. The number of carbonyl (C=O) groups is 1. The molecule has 5 heterocycles. The molecule has 6 rings (SSSR count). The normalized spacial score (nSPS) is 20.9. The van der Waals surface area contributed by atoms with Crippen LogP contribution in [0.5, 0.6) is 0 Å². The zero-order valence-electron chi connectivity index (χ0n) is 23.7. The molecule has 4 aromatic rings. The number of aryl methyl sites for hydroxylation is 3. The van der Waals surface area contributed by atoms with Gasteiger partial charge in [0.2, 0.25) is 10.0 Å². The molecule has 1 saturated heterocycles. The van der Waals surface area contributed by atoms with Crippen molar-refractivity contribution in [2.75, 3.05) is 18.0 Å². The summed E-state index contributed by atoms with van der Waals surface area (Å²) in [6, 6.07) is 11.1. The number of fused-ring (bicyclic) bond motifs is 4. The van der Waals surface area contributed by atoms with Crippen molar-refractivity contribution in [1.29, 1.82) is 0 Å². The van der Waals surface area contributed by atoms with E-state index in [2.05, 4.69) is 27.0 Å². The fraction of sp³-hybridized carbons (Fsp3) is 0.400. The Kier molecular flexibility index (Phi) is 6.61. The van der Waals surface area contributed by atoms with Gasteiger partial charge in [0.25, 0.3) is 0 Å². The SMILES string of the molecule is Cc1ccc([C@@H](CC(=O)O)c2ccn3c(C)nnc3c2C)cc1CN1C[C@]2(C)CCCN2c2ncccc2S1(=O)=O. The van der Waals surface area contributed by atoms with Crippen molar-refractivity contribution >= 4 is 27.5 Å². The van der Waals surface area contributed by atoms with E-state index >= 15 is 0 Å². The number of anilines is 1. The predicted octanol–water partition coefficient (Wildman–Crippen LogP) is 4.22. The summed E-state index contributed by atoms with van der Waals surface area (Å²) in [5, 5.41) is 18.4. The predicted molar refractivity (Wildman–Crippen MR) is 155 cm³/mol. The van der Waals surface area contributed by atoms with Crippen LogP contribution in [0.1, 0.15) is 65.7 Å². The van der Waals surface area contributed by atoms with E-state index in [1.54, 1.807) is 22.6 Å². The van der Waals surface area contributed by atoms with Crippen LogP contribution in [0.4, 0.5) is 5.82 Å². The minimum atomic E-state index is -3.83. The van der Waals surface area contributed by atoms with Crippen LogP contribution < -0.4 is 4.90 Å². The van der Waals surface area contributed by atoms with Crippen molar-refractivity contribution in [2.24, 2.45) is 0 Å². The fourth-order valence-corrected chi connectivity index (χ4v) is 8.20. The maximum atomic E-state index is 14.0. The summed E-state index contributed by atoms with van der Waals surface area (Å²) in [6.07, 6.45) is 5.26. The fourth-order valence-electron chi connectivity index (χ4n) is 6.52. The summed E-state index contributed by atoms with van der Waals surface area (Å²) in [5.74, 6) is -0.0755. The Morgan fingerprint density at radius 3 is 2.73 bits per heavy atom. The quantitative estimate of drug-likeness (QED) is 0.363. The molecule has 0 aliphatic carbocycles. The minimum Gasteiger partial charge on any atom is -0.481 e. The molecule has 1 fully saturated rings. The van der Waals surface area contributed by atoms with E-state index in [1.165, 1.54) is 0 Å². The molecule has 41 heavy (non-hydrogen) atoms. The number of nitrogens with zero attached hydrogens (tertiary/aromatic N) is 6. The molecule has 3 aromatic heterocycles. The molecule has 0 spiro atoms. The summed E-state index contributed by atoms with van der Waals surface area (Å²) in [7, 11) is -3.83. The van der Waals surface area contributed by atoms with Crippen molar-refractivity contribution in [1.82, 2.24) is 23.9 Å². The highest BCUT2D eigenvalue weighted by Gasteiger charge is 2.47. The van der Waals surface area contributed by atoms with Crippen LogP contribution in [0.25, 0.3) is 5.65 Å². The van der Waals surface area contributed by atoms with Gasteiger partial charge in [0.05, 0.1) is 12.0 Å². The Hall–Kier alpha value is -3.83. The number of carboxylic acid groups (broad SMARTS) is 1. The lowest BCUT2D eigenvalue weighted by molar-refractivity contribution is -0.137. The first-order valence-electron chi connectivity index (χ1n) is 13.8. The molecule has 10 nitrogen and oxygen atoms in total. The average molecular weight is 575 g/mol. The zero-order chi connectivity index (χ0) is 29.1. The van der Waals surface area contributed by atoms with Gasteiger partial charge in [-0.2, -0.15) is 4.31 Å². The standard InChI is InChI=1S/C30H34N6O4S/c1-19-8-9-22(25(16-27(37)38)24-10-14-35-21(3)32-33-28(35)20(24)2)15-23(19)17-34-18-30(4)11-6-13-36(30)29-26(41(34,39)40)7-5-12-31-29/h5,7-10,12,14-15,25H,6,11,13,16-18H2,1-4H3,(H,37,38)/t25-,30+/m1/s1. The molecule has 2 atom stereocenters. The van der Waals surface area contributed by atoms with Gasteiger partial charge in [-0.15, -0.1) is 10.2 Å². The van der Waals surface area contributed by atoms with E-state index in [1.807, 2.05) is 55.6 Å². The maximum absolute atomic E-state index is 14.0. The van der Waals surface area contributed by atoms with Crippen LogP contribution in [-0.2, 0) is 21.4 Å². The van der Waals surface area contributed by atoms with Crippen molar-refractivity contribution in [3.8, 4) is 0 Å². The van der Waals surface area contributed by atoms with E-state index in [-0.39, 0.29) is 23.4 Å². The van der Waals surface area contributed by atoms with Gasteiger partial charge in [0.15, 0.2) is 5.65 Å². The highest BCUT2D eigenvalue weighted by molar-refractivity contribution is 7.89. The molecule has 1 N–H and O–H groups in total. The van der Waals surface area contributed by atoms with Gasteiger partial charge in [-0.25, -0.2) is 13.4 Å². The van der Waals surface area contributed by atoms with Gasteiger partial charge in [-0.05, 0) is 86.6 Å². The molecule has 2 aliphatic rings. The molecule has 2 aliphatic heterocycles. The monoisotopic (exact) mass is 574 g/mol. The van der Waals surface area contributed by atoms with Crippen molar-refractivity contribution in [3.63, 3.8) is 0 Å². The van der Waals surface area contributed by atoms with Crippen LogP contribution in [0.3, 0.4) is 0 Å². The Morgan fingerprint density at radius 2 is 1.95 bits per heavy atom. The van der Waals surface area contributed by atoms with Crippen molar-refractivity contribution in [2.45, 2.75) is 69.9 Å². The Balaban J connectivity index is 1.42. The second kappa shape index (κ2) is 9.92. The van der Waals surface area contributed by atoms with E-state index in [9.17, 15) is 18.3 Å². The second-order valence-electron chi connectivity index (χ2n) is 11.5. The number of hydrogen-bond donors (Lipinski definition) is 1. The summed E-state index contributed by atoms with van der Waals surface area (Å²) in [5.41, 5.74) is 4.67. The first kappa shape index (κ1) is 27.3. The number of benzene rings is 1. The third kappa shape index (κ3) is 4.57. The van der Waals surface area contributed by atoms with E-state index in [0.717, 1.165) is 53.0 Å². The van der Waals surface area contributed by atoms with Crippen molar-refractivity contribution < 1.29 is 18.3 Å². The molecule has 0 amide bonds. The highest BCUT2D eigenvalue weighted by Crippen LogP contribution is 2.42. The smallest absolute Gasteiger partial charge is 0.304 e. The lowest BCUT2D eigenvalue weighted by atomic mass is 9.85. The van der Waals surface area contributed by atoms with E-state index in [4.69, 9.17) is 0 Å². The molecular formula is C30H34N6O4S. The molecular weight excluding hydrogens is 540 g/mol. The summed E-state index contributed by atoms with van der Waals surface area (Å²) >= 11 is 0. The third-order valence-electron chi connectivity index (χ3n) is 8.80. The molecule has 1 aromatic carbocycles. The number of hydrogen-bond acceptors (Lipinski definition) is 7. The highest BCUT2D eigenvalue weighted by atomic mass is 32.2. The van der Waals surface area contributed by atoms with Gasteiger partial charge < -0.3 is 10.0 Å². The van der Waals surface area contributed by atoms with Crippen LogP contribution in [0.2, 0.25) is 0 Å². The molecule has 0 unspecified atom stereocenters. The average Bonchev–Trinajstić information content (AvgIpc) is 3.49. The zero-order valence-corrected chi connectivity index (χ0v) is 24.5. The number of aliphatic carboxylic acids is 1. The number of carboxylic acids is 1. The number of rotatable bonds is 6. The second-order valence-corrected chi connectivity index (χ2v) is 13.4. The van der Waals surface area contributed by atoms with Gasteiger partial charge in [-0.1, -0.05) is 18.2 Å². The summed E-state index contributed by atoms with van der Waals surface area (Å²) in [4.78, 5) is 18.9. The van der Waals surface area contributed by atoms with Gasteiger partial charge in [-0.3, -0.25) is 9.20 Å². The molecule has 0 radical (unpaired) electrons. The maximum Gasteiger partial charge on any atom is 0.304 e. The number of pyridine rings is 2. The largest absolute Gasteiger partial charge is 0.481 e. The molecule has 0 saturated carbocycles. The molecule has 11 heteroatoms. The lowest BCUT2D eigenvalue weighted by Gasteiger charge is -2.36. The van der Waals surface area contributed by atoms with Crippen LogP contribution in [-0.4, -0.2) is 62.0 Å². The van der Waals surface area contributed by atoms with E-state index < -0.39 is 21.9 Å². The van der Waals surface area contributed by atoms with Crippen LogP contribution in [0, 0.1) is 20.8 Å². The Morgan fingerprint density at radius 1 is 1.15 bits per heavy atom. The van der Waals surface area contributed by atoms with Crippen LogP contribution >= 0.6 is 0 Å². The number of aromatic nitrogens is 4. The van der Waals surface area contributed by atoms with Gasteiger partial charge in [0.1, 0.15) is 16.5 Å². The first-order chi connectivity index (χ1) is 19.5. The minimum absolute atomic E-state index is 0.110. The molecule has 0 bridgehead atoms. The Labute approximate surface area is 239 Å². The topological polar surface area (TPSA) is 121 Å². The Bertz CT molecular complexity index is 1790. The third-order valence-corrected chi connectivity index (χ3v) is 10.6. The summed E-state index contributed by atoms with van der Waals surface area (Å²) < 4.78 is 31.5. The lowest BCUT2D eigenvalue weighted by Crippen LogP contribution is -2.49. The van der Waals surface area contributed by atoms with Gasteiger partial charge in [0, 0.05) is 37.9 Å². The van der Waals surface area contributed by atoms with Crippen LogP contribution in [0.15, 0.2) is 53.7 Å². The van der Waals surface area contributed by atoms with Gasteiger partial charge >= 0.3 is 5.97 Å². The van der Waals surface area contributed by atoms with Crippen molar-refractivity contribution in [3.05, 3.63) is 82.4 Å². The first-order valence-corrected chi connectivity index (χ1v) is 15.3.